The minimum absolute atomic E-state index is 0.0751. The van der Waals surface area contributed by atoms with Crippen LogP contribution >= 0.6 is 11.3 Å². The van der Waals surface area contributed by atoms with Crippen LogP contribution in [0, 0.1) is 6.92 Å². The molecule has 0 aliphatic rings. The normalized spacial score (nSPS) is 11.0. The van der Waals surface area contributed by atoms with Crippen molar-refractivity contribution in [2.45, 2.75) is 31.6 Å². The van der Waals surface area contributed by atoms with Crippen LogP contribution in [0.25, 0.3) is 0 Å². The third-order valence-corrected chi connectivity index (χ3v) is 5.19. The van der Waals surface area contributed by atoms with E-state index in [4.69, 9.17) is 0 Å². The van der Waals surface area contributed by atoms with E-state index >= 15 is 0 Å². The molecule has 0 aliphatic heterocycles. The van der Waals surface area contributed by atoms with Gasteiger partial charge in [-0.15, -0.1) is 11.3 Å². The minimum Gasteiger partial charge on any atom is -0.465 e. The summed E-state index contributed by atoms with van der Waals surface area (Å²) in [5, 5.41) is 3.84. The topological polar surface area (TPSA) is 102 Å². The van der Waals surface area contributed by atoms with Gasteiger partial charge >= 0.3 is 12.0 Å². The van der Waals surface area contributed by atoms with E-state index in [1.807, 2.05) is 11.6 Å². The van der Waals surface area contributed by atoms with Crippen LogP contribution in [0.5, 0.6) is 0 Å². The highest BCUT2D eigenvalue weighted by Gasteiger charge is 2.28. The predicted octanol–water partition coefficient (Wildman–Crippen LogP) is 1.63. The van der Waals surface area contributed by atoms with Crippen LogP contribution in [0.1, 0.15) is 35.0 Å². The van der Waals surface area contributed by atoms with Crippen LogP contribution in [0.15, 0.2) is 10.3 Å². The third kappa shape index (κ3) is 4.43. The van der Waals surface area contributed by atoms with Crippen LogP contribution in [-0.2, 0) is 14.8 Å². The Labute approximate surface area is 127 Å². The fourth-order valence-electron chi connectivity index (χ4n) is 1.62. The van der Waals surface area contributed by atoms with Gasteiger partial charge in [0.2, 0.25) is 0 Å². The molecule has 2 amide bonds. The van der Waals surface area contributed by atoms with Crippen LogP contribution in [0.3, 0.4) is 0 Å². The fourth-order valence-corrected chi connectivity index (χ4v) is 4.12. The number of sulfonamides is 1. The Morgan fingerprint density at radius 2 is 2.05 bits per heavy atom. The molecule has 1 heterocycles. The summed E-state index contributed by atoms with van der Waals surface area (Å²) in [6.45, 7) is 3.89. The van der Waals surface area contributed by atoms with Crippen molar-refractivity contribution in [3.05, 3.63) is 15.8 Å². The first-order valence-electron chi connectivity index (χ1n) is 6.30. The lowest BCUT2D eigenvalue weighted by molar-refractivity contribution is 0.0597. The van der Waals surface area contributed by atoms with E-state index in [2.05, 4.69) is 10.1 Å². The van der Waals surface area contributed by atoms with Crippen LogP contribution < -0.4 is 10.0 Å². The monoisotopic (exact) mass is 334 g/mol. The Morgan fingerprint density at radius 3 is 2.62 bits per heavy atom. The van der Waals surface area contributed by atoms with E-state index in [0.717, 1.165) is 31.3 Å². The SMILES string of the molecule is CCCCNC(=O)NS(=O)(=O)c1c(C(=O)OC)csc1C. The molecule has 1 aromatic rings. The first-order chi connectivity index (χ1) is 9.83. The number of hydrogen-bond acceptors (Lipinski definition) is 6. The number of ether oxygens (including phenoxy) is 1. The number of nitrogens with one attached hydrogen (secondary N) is 2. The van der Waals surface area contributed by atoms with E-state index in [-0.39, 0.29) is 10.5 Å². The number of carbonyl (C=O) groups excluding carboxylic acids is 2. The Bertz CT molecular complexity index is 622. The van der Waals surface area contributed by atoms with Crippen molar-refractivity contribution in [3.63, 3.8) is 0 Å². The minimum atomic E-state index is -4.12. The average molecular weight is 334 g/mol. The summed E-state index contributed by atoms with van der Waals surface area (Å²) in [5.74, 6) is -0.758. The second kappa shape index (κ2) is 7.41. The van der Waals surface area contributed by atoms with E-state index in [9.17, 15) is 18.0 Å². The van der Waals surface area contributed by atoms with Gasteiger partial charge in [-0.05, 0) is 13.3 Å². The molecule has 7 nitrogen and oxygen atoms in total. The van der Waals surface area contributed by atoms with Crippen molar-refractivity contribution in [3.8, 4) is 0 Å². The number of amides is 2. The Balaban J connectivity index is 2.96. The number of unbranched alkanes of at least 4 members (excludes halogenated alkanes) is 1. The highest BCUT2D eigenvalue weighted by atomic mass is 32.2. The highest BCUT2D eigenvalue weighted by Crippen LogP contribution is 2.27. The van der Waals surface area contributed by atoms with E-state index < -0.39 is 22.0 Å². The third-order valence-electron chi connectivity index (χ3n) is 2.63. The second-order valence-corrected chi connectivity index (χ2v) is 6.94. The Morgan fingerprint density at radius 1 is 1.38 bits per heavy atom. The van der Waals surface area contributed by atoms with Gasteiger partial charge in [0, 0.05) is 16.8 Å². The first kappa shape index (κ1) is 17.4. The Hall–Kier alpha value is -1.61. The zero-order valence-electron chi connectivity index (χ0n) is 12.1. The summed E-state index contributed by atoms with van der Waals surface area (Å²) in [7, 11) is -2.96. The van der Waals surface area contributed by atoms with Gasteiger partial charge in [0.1, 0.15) is 4.90 Å². The lowest BCUT2D eigenvalue weighted by atomic mass is 10.3. The predicted molar refractivity (Wildman–Crippen MR) is 79.0 cm³/mol. The molecule has 0 aliphatic carbocycles. The number of carbonyl (C=O) groups is 2. The number of thiophene rings is 1. The maximum Gasteiger partial charge on any atom is 0.340 e. The molecule has 1 aromatic heterocycles. The van der Waals surface area contributed by atoms with Crippen LogP contribution in [0.2, 0.25) is 0 Å². The number of aryl methyl sites for hydroxylation is 1. The van der Waals surface area contributed by atoms with Gasteiger partial charge in [0.05, 0.1) is 12.7 Å². The van der Waals surface area contributed by atoms with Gasteiger partial charge in [-0.3, -0.25) is 0 Å². The Kier molecular flexibility index (Phi) is 6.16. The maximum atomic E-state index is 12.2. The molecule has 0 saturated heterocycles. The molecule has 0 spiro atoms. The summed E-state index contributed by atoms with van der Waals surface area (Å²) in [5.41, 5.74) is -0.0751. The first-order valence-corrected chi connectivity index (χ1v) is 8.66. The zero-order chi connectivity index (χ0) is 16.0. The van der Waals surface area contributed by atoms with Crippen molar-refractivity contribution < 1.29 is 22.7 Å². The average Bonchev–Trinajstić information content (AvgIpc) is 2.80. The van der Waals surface area contributed by atoms with E-state index in [0.29, 0.717) is 11.4 Å². The molecule has 2 N–H and O–H groups in total. The van der Waals surface area contributed by atoms with Gasteiger partial charge in [-0.1, -0.05) is 13.3 Å². The molecule has 9 heteroatoms. The molecule has 0 fully saturated rings. The molecule has 0 aromatic carbocycles. The second-order valence-electron chi connectivity index (χ2n) is 4.24. The summed E-state index contributed by atoms with van der Waals surface area (Å²) in [6.07, 6.45) is 1.63. The van der Waals surface area contributed by atoms with Gasteiger partial charge in [-0.25, -0.2) is 22.7 Å². The van der Waals surface area contributed by atoms with Gasteiger partial charge in [-0.2, -0.15) is 0 Å². The largest absolute Gasteiger partial charge is 0.465 e. The molecule has 21 heavy (non-hydrogen) atoms. The lowest BCUT2D eigenvalue weighted by Gasteiger charge is -2.09. The van der Waals surface area contributed by atoms with Crippen molar-refractivity contribution in [2.24, 2.45) is 0 Å². The van der Waals surface area contributed by atoms with Crippen LogP contribution in [-0.4, -0.2) is 34.1 Å². The number of methoxy groups -OCH3 is 1. The van der Waals surface area contributed by atoms with Gasteiger partial charge < -0.3 is 10.1 Å². The van der Waals surface area contributed by atoms with Crippen molar-refractivity contribution in [2.75, 3.05) is 13.7 Å². The van der Waals surface area contributed by atoms with Crippen molar-refractivity contribution in [1.29, 1.82) is 0 Å². The quantitative estimate of drug-likeness (QED) is 0.608. The summed E-state index contributed by atoms with van der Waals surface area (Å²) >= 11 is 1.10. The van der Waals surface area contributed by atoms with E-state index in [1.54, 1.807) is 6.92 Å². The molecule has 0 saturated carbocycles. The molecule has 1 rings (SSSR count). The molecular weight excluding hydrogens is 316 g/mol. The standard InChI is InChI=1S/C12H18N2O5S2/c1-4-5-6-13-12(16)14-21(17,18)10-8(2)20-7-9(10)11(15)19-3/h7H,4-6H2,1-3H3,(H2,13,14,16). The zero-order valence-corrected chi connectivity index (χ0v) is 13.7. The lowest BCUT2D eigenvalue weighted by Crippen LogP contribution is -2.40. The summed E-state index contributed by atoms with van der Waals surface area (Å²) in [4.78, 5) is 23.3. The molecular formula is C12H18N2O5S2. The van der Waals surface area contributed by atoms with Crippen molar-refractivity contribution in [1.82, 2.24) is 10.0 Å². The molecule has 0 unspecified atom stereocenters. The number of esters is 1. The van der Waals surface area contributed by atoms with E-state index in [1.165, 1.54) is 5.38 Å². The summed E-state index contributed by atoms with van der Waals surface area (Å²) in [6, 6.07) is -0.815. The number of rotatable bonds is 6. The smallest absolute Gasteiger partial charge is 0.340 e. The van der Waals surface area contributed by atoms with Gasteiger partial charge in [0.15, 0.2) is 0 Å². The van der Waals surface area contributed by atoms with Crippen LogP contribution in [0.4, 0.5) is 4.79 Å². The highest BCUT2D eigenvalue weighted by molar-refractivity contribution is 7.90. The molecule has 0 bridgehead atoms. The number of urea groups is 1. The molecule has 0 atom stereocenters. The molecule has 118 valence electrons. The number of hydrogen-bond donors (Lipinski definition) is 2. The molecule has 0 radical (unpaired) electrons. The maximum absolute atomic E-state index is 12.2. The summed E-state index contributed by atoms with van der Waals surface area (Å²) < 4.78 is 30.9. The fraction of sp³-hybridized carbons (Fsp3) is 0.500. The van der Waals surface area contributed by atoms with Crippen molar-refractivity contribution >= 4 is 33.4 Å². The van der Waals surface area contributed by atoms with Gasteiger partial charge in [0.25, 0.3) is 10.0 Å².